The highest BCUT2D eigenvalue weighted by molar-refractivity contribution is 6.14. The van der Waals surface area contributed by atoms with Crippen molar-refractivity contribution in [1.29, 1.82) is 0 Å². The highest BCUT2D eigenvalue weighted by Gasteiger charge is 2.17. The molecule has 0 N–H and O–H groups in total. The van der Waals surface area contributed by atoms with Crippen LogP contribution in [0.15, 0.2) is 180 Å². The van der Waals surface area contributed by atoms with E-state index >= 15 is 0 Å². The molecule has 2 aromatic heterocycles. The van der Waals surface area contributed by atoms with E-state index in [-0.39, 0.29) is 0 Å². The molecule has 2 heterocycles. The standard InChI is InChI=1S/C45H29NO/c1-4-13-30(14-5-1)34-28-41(32-17-8-3-9-18-32)46-42(29-34)39-21-12-22-44-45(39)40-27-33(23-26-43(40)47-44)36-25-24-35(31-15-6-2-7-16-31)37-19-10-11-20-38(36)37/h1-29H. The highest BCUT2D eigenvalue weighted by atomic mass is 16.3. The Balaban J connectivity index is 1.25. The lowest BCUT2D eigenvalue weighted by molar-refractivity contribution is 0.669. The van der Waals surface area contributed by atoms with Crippen LogP contribution in [0.1, 0.15) is 0 Å². The van der Waals surface area contributed by atoms with Crippen LogP contribution in [-0.4, -0.2) is 4.98 Å². The summed E-state index contributed by atoms with van der Waals surface area (Å²) in [6.07, 6.45) is 0. The van der Waals surface area contributed by atoms with E-state index in [1.807, 2.05) is 6.07 Å². The topological polar surface area (TPSA) is 26.0 Å². The molecule has 9 rings (SSSR count). The van der Waals surface area contributed by atoms with Crippen molar-refractivity contribution in [2.75, 3.05) is 0 Å². The predicted octanol–water partition coefficient (Wildman–Crippen LogP) is 12.5. The molecular formula is C45H29NO. The summed E-state index contributed by atoms with van der Waals surface area (Å²) in [6, 6.07) is 62.0. The summed E-state index contributed by atoms with van der Waals surface area (Å²) < 4.78 is 6.47. The molecule has 0 amide bonds. The van der Waals surface area contributed by atoms with Crippen LogP contribution in [0.25, 0.3) is 88.6 Å². The van der Waals surface area contributed by atoms with Crippen LogP contribution in [0.4, 0.5) is 0 Å². The second-order valence-electron chi connectivity index (χ2n) is 11.9. The van der Waals surface area contributed by atoms with E-state index in [0.29, 0.717) is 0 Å². The van der Waals surface area contributed by atoms with Gasteiger partial charge in [0.25, 0.3) is 0 Å². The smallest absolute Gasteiger partial charge is 0.136 e. The van der Waals surface area contributed by atoms with E-state index in [4.69, 9.17) is 9.40 Å². The fourth-order valence-corrected chi connectivity index (χ4v) is 6.85. The summed E-state index contributed by atoms with van der Waals surface area (Å²) in [6.45, 7) is 0. The number of hydrogen-bond acceptors (Lipinski definition) is 2. The number of pyridine rings is 1. The molecule has 0 unspecified atom stereocenters. The first-order valence-electron chi connectivity index (χ1n) is 16.0. The lowest BCUT2D eigenvalue weighted by Gasteiger charge is -2.13. The summed E-state index contributed by atoms with van der Waals surface area (Å²) in [5, 5.41) is 4.62. The van der Waals surface area contributed by atoms with E-state index < -0.39 is 0 Å². The van der Waals surface area contributed by atoms with E-state index in [1.165, 1.54) is 27.5 Å². The maximum absolute atomic E-state index is 6.47. The lowest BCUT2D eigenvalue weighted by atomic mass is 9.91. The minimum Gasteiger partial charge on any atom is -0.456 e. The third-order valence-electron chi connectivity index (χ3n) is 9.09. The van der Waals surface area contributed by atoms with Crippen molar-refractivity contribution in [3.8, 4) is 55.9 Å². The molecule has 0 saturated heterocycles. The van der Waals surface area contributed by atoms with Gasteiger partial charge in [0.15, 0.2) is 0 Å². The molecule has 2 heteroatoms. The van der Waals surface area contributed by atoms with Gasteiger partial charge >= 0.3 is 0 Å². The second kappa shape index (κ2) is 11.3. The summed E-state index contributed by atoms with van der Waals surface area (Å²) in [4.78, 5) is 5.25. The number of furan rings is 1. The zero-order chi connectivity index (χ0) is 31.2. The third kappa shape index (κ3) is 4.79. The van der Waals surface area contributed by atoms with E-state index in [1.54, 1.807) is 0 Å². The van der Waals surface area contributed by atoms with Crippen LogP contribution in [-0.2, 0) is 0 Å². The zero-order valence-corrected chi connectivity index (χ0v) is 25.6. The molecule has 0 aliphatic heterocycles. The van der Waals surface area contributed by atoms with Crippen molar-refractivity contribution >= 4 is 32.7 Å². The van der Waals surface area contributed by atoms with Crippen molar-refractivity contribution in [2.45, 2.75) is 0 Å². The molecule has 0 atom stereocenters. The van der Waals surface area contributed by atoms with Crippen LogP contribution in [0.3, 0.4) is 0 Å². The molecule has 0 fully saturated rings. The Morgan fingerprint density at radius 1 is 0.319 bits per heavy atom. The number of hydrogen-bond donors (Lipinski definition) is 0. The first kappa shape index (κ1) is 27.1. The van der Waals surface area contributed by atoms with Crippen molar-refractivity contribution in [1.82, 2.24) is 4.98 Å². The van der Waals surface area contributed by atoms with Crippen molar-refractivity contribution < 1.29 is 4.42 Å². The molecule has 9 aromatic rings. The molecular weight excluding hydrogens is 571 g/mol. The maximum Gasteiger partial charge on any atom is 0.136 e. The molecule has 220 valence electrons. The predicted molar refractivity (Wildman–Crippen MR) is 196 cm³/mol. The lowest BCUT2D eigenvalue weighted by Crippen LogP contribution is -1.91. The van der Waals surface area contributed by atoms with Crippen molar-refractivity contribution in [3.05, 3.63) is 176 Å². The van der Waals surface area contributed by atoms with Gasteiger partial charge in [0.05, 0.1) is 11.4 Å². The van der Waals surface area contributed by atoms with Gasteiger partial charge in [0.2, 0.25) is 0 Å². The van der Waals surface area contributed by atoms with Crippen LogP contribution >= 0.6 is 0 Å². The molecule has 2 nitrogen and oxygen atoms in total. The fraction of sp³-hybridized carbons (Fsp3) is 0. The monoisotopic (exact) mass is 599 g/mol. The van der Waals surface area contributed by atoms with Gasteiger partial charge in [-0.3, -0.25) is 0 Å². The molecule has 0 radical (unpaired) electrons. The maximum atomic E-state index is 6.47. The summed E-state index contributed by atoms with van der Waals surface area (Å²) >= 11 is 0. The number of nitrogens with zero attached hydrogens (tertiary/aromatic N) is 1. The quantitative estimate of drug-likeness (QED) is 0.197. The van der Waals surface area contributed by atoms with Gasteiger partial charge in [-0.1, -0.05) is 146 Å². The van der Waals surface area contributed by atoms with Gasteiger partial charge in [-0.2, -0.15) is 0 Å². The van der Waals surface area contributed by atoms with Crippen LogP contribution in [0.2, 0.25) is 0 Å². The van der Waals surface area contributed by atoms with Crippen LogP contribution in [0, 0.1) is 0 Å². The normalized spacial score (nSPS) is 11.4. The molecule has 47 heavy (non-hydrogen) atoms. The van der Waals surface area contributed by atoms with Gasteiger partial charge in [0.1, 0.15) is 11.2 Å². The molecule has 0 aliphatic rings. The Morgan fingerprint density at radius 3 is 1.62 bits per heavy atom. The fourth-order valence-electron chi connectivity index (χ4n) is 6.85. The molecule has 0 bridgehead atoms. The Morgan fingerprint density at radius 2 is 0.915 bits per heavy atom. The highest BCUT2D eigenvalue weighted by Crippen LogP contribution is 2.41. The van der Waals surface area contributed by atoms with Gasteiger partial charge < -0.3 is 4.42 Å². The Labute approximate surface area is 273 Å². The van der Waals surface area contributed by atoms with Crippen molar-refractivity contribution in [3.63, 3.8) is 0 Å². The largest absolute Gasteiger partial charge is 0.456 e. The molecule has 0 spiro atoms. The van der Waals surface area contributed by atoms with E-state index in [9.17, 15) is 0 Å². The van der Waals surface area contributed by atoms with Crippen molar-refractivity contribution in [2.24, 2.45) is 0 Å². The summed E-state index contributed by atoms with van der Waals surface area (Å²) in [5.74, 6) is 0. The zero-order valence-electron chi connectivity index (χ0n) is 25.6. The molecule has 7 aromatic carbocycles. The minimum absolute atomic E-state index is 0.854. The van der Waals surface area contributed by atoms with Crippen LogP contribution in [0.5, 0.6) is 0 Å². The van der Waals surface area contributed by atoms with Gasteiger partial charge in [-0.25, -0.2) is 4.98 Å². The number of benzene rings is 7. The first-order chi connectivity index (χ1) is 23.3. The SMILES string of the molecule is c1ccc(-c2cc(-c3ccccc3)nc(-c3cccc4oc5ccc(-c6ccc(-c7ccccc7)c7ccccc67)cc5c34)c2)cc1. The Bertz CT molecular complexity index is 2490. The third-order valence-corrected chi connectivity index (χ3v) is 9.09. The van der Waals surface area contributed by atoms with E-state index in [2.05, 4.69) is 170 Å². The average molecular weight is 600 g/mol. The number of rotatable bonds is 5. The van der Waals surface area contributed by atoms with Crippen LogP contribution < -0.4 is 0 Å². The Hall–Kier alpha value is -6.25. The first-order valence-corrected chi connectivity index (χ1v) is 16.0. The average Bonchev–Trinajstić information content (AvgIpc) is 3.53. The van der Waals surface area contributed by atoms with Gasteiger partial charge in [-0.15, -0.1) is 0 Å². The van der Waals surface area contributed by atoms with Gasteiger partial charge in [-0.05, 0) is 74.5 Å². The summed E-state index contributed by atoms with van der Waals surface area (Å²) in [7, 11) is 0. The second-order valence-corrected chi connectivity index (χ2v) is 11.9. The van der Waals surface area contributed by atoms with Gasteiger partial charge in [0, 0.05) is 21.9 Å². The van der Waals surface area contributed by atoms with E-state index in [0.717, 1.165) is 61.1 Å². The Kier molecular flexibility index (Phi) is 6.50. The molecule has 0 saturated carbocycles. The number of fused-ring (bicyclic) bond motifs is 4. The minimum atomic E-state index is 0.854. The number of aromatic nitrogens is 1. The molecule has 0 aliphatic carbocycles. The summed E-state index contributed by atoms with van der Waals surface area (Å²) in [5.41, 5.74) is 12.8.